The van der Waals surface area contributed by atoms with Crippen molar-refractivity contribution in [1.29, 1.82) is 0 Å². The number of sulfonamides is 1. The molecule has 0 radical (unpaired) electrons. The first kappa shape index (κ1) is 30.6. The van der Waals surface area contributed by atoms with Gasteiger partial charge in [-0.25, -0.2) is 8.42 Å². The van der Waals surface area contributed by atoms with Gasteiger partial charge in [0.1, 0.15) is 6.17 Å². The highest BCUT2D eigenvalue weighted by molar-refractivity contribution is 7.89. The number of para-hydroxylation sites is 1. The lowest BCUT2D eigenvalue weighted by atomic mass is 10.1. The molecule has 5 N–H and O–H groups in total. The van der Waals surface area contributed by atoms with Crippen molar-refractivity contribution in [3.63, 3.8) is 0 Å². The summed E-state index contributed by atoms with van der Waals surface area (Å²) < 4.78 is 23.0. The molecule has 1 unspecified atom stereocenters. The van der Waals surface area contributed by atoms with Crippen LogP contribution in [0.15, 0.2) is 77.7 Å². The fourth-order valence-corrected chi connectivity index (χ4v) is 4.63. The minimum absolute atomic E-state index is 0.0179. The van der Waals surface area contributed by atoms with Gasteiger partial charge in [-0.15, -0.1) is 4.83 Å². The van der Waals surface area contributed by atoms with E-state index in [1.165, 1.54) is 24.3 Å². The molecule has 0 saturated heterocycles. The number of hydrazine groups is 1. The van der Waals surface area contributed by atoms with Gasteiger partial charge in [0.25, 0.3) is 21.8 Å². The molecule has 2 amide bonds. The number of carbonyl (C=O) groups is 2. The molecule has 0 aliphatic heterocycles. The highest BCUT2D eigenvalue weighted by Gasteiger charge is 2.35. The van der Waals surface area contributed by atoms with E-state index in [1.54, 1.807) is 42.5 Å². The largest absolute Gasteiger partial charge is 0.339 e. The van der Waals surface area contributed by atoms with Gasteiger partial charge < -0.3 is 16.0 Å². The van der Waals surface area contributed by atoms with Gasteiger partial charge in [0.05, 0.1) is 16.1 Å². The molecule has 0 fully saturated rings. The summed E-state index contributed by atoms with van der Waals surface area (Å²) in [6.07, 6.45) is -1.25. The average molecular weight is 629 g/mol. The van der Waals surface area contributed by atoms with Gasteiger partial charge in [0, 0.05) is 5.56 Å². The maximum atomic E-state index is 12.8. The minimum Gasteiger partial charge on any atom is -0.339 e. The minimum atomic E-state index is -4.01. The van der Waals surface area contributed by atoms with Crippen LogP contribution < -0.4 is 26.2 Å². The van der Waals surface area contributed by atoms with Gasteiger partial charge in [0.2, 0.25) is 3.79 Å². The van der Waals surface area contributed by atoms with Gasteiger partial charge in [-0.1, -0.05) is 82.3 Å². The van der Waals surface area contributed by atoms with Crippen LogP contribution in [0.2, 0.25) is 0 Å². The van der Waals surface area contributed by atoms with E-state index in [0.717, 1.165) is 11.1 Å². The number of alkyl halides is 3. The molecule has 0 spiro atoms. The van der Waals surface area contributed by atoms with Crippen molar-refractivity contribution in [2.75, 3.05) is 5.32 Å². The van der Waals surface area contributed by atoms with Crippen molar-refractivity contribution in [3.05, 3.63) is 95.1 Å². The molecular formula is C25H24Cl3N5O4S2. The van der Waals surface area contributed by atoms with Crippen molar-refractivity contribution in [3.8, 4) is 0 Å². The van der Waals surface area contributed by atoms with Gasteiger partial charge in [-0.05, 0) is 62.5 Å². The quantitative estimate of drug-likeness (QED) is 0.109. The Hall–Kier alpha value is -2.93. The molecule has 39 heavy (non-hydrogen) atoms. The maximum absolute atomic E-state index is 12.8. The Balaban J connectivity index is 1.69. The van der Waals surface area contributed by atoms with Gasteiger partial charge in [0.15, 0.2) is 5.11 Å². The third-order valence-electron chi connectivity index (χ3n) is 5.21. The van der Waals surface area contributed by atoms with E-state index in [2.05, 4.69) is 26.2 Å². The Morgan fingerprint density at radius 1 is 0.846 bits per heavy atom. The average Bonchev–Trinajstić information content (AvgIpc) is 2.87. The Bertz CT molecular complexity index is 1480. The molecule has 3 rings (SSSR count). The number of thiocarbonyl (C=S) groups is 1. The van der Waals surface area contributed by atoms with Crippen molar-refractivity contribution in [2.24, 2.45) is 0 Å². The molecule has 0 saturated carbocycles. The predicted octanol–water partition coefficient (Wildman–Crippen LogP) is 4.34. The zero-order valence-corrected chi connectivity index (χ0v) is 24.5. The van der Waals surface area contributed by atoms with Crippen molar-refractivity contribution in [2.45, 2.75) is 28.7 Å². The van der Waals surface area contributed by atoms with E-state index in [9.17, 15) is 18.0 Å². The Labute approximate surface area is 246 Å². The third kappa shape index (κ3) is 8.79. The summed E-state index contributed by atoms with van der Waals surface area (Å²) in [6, 6.07) is 19.1. The number of rotatable bonds is 8. The number of aryl methyl sites for hydroxylation is 2. The topological polar surface area (TPSA) is 128 Å². The summed E-state index contributed by atoms with van der Waals surface area (Å²) in [5, 5.41) is 8.02. The summed E-state index contributed by atoms with van der Waals surface area (Å²) in [5.41, 5.74) is 4.56. The molecule has 0 aliphatic rings. The molecule has 1 atom stereocenters. The molecule has 9 nitrogen and oxygen atoms in total. The van der Waals surface area contributed by atoms with Crippen molar-refractivity contribution in [1.82, 2.24) is 20.9 Å². The first-order valence-corrected chi connectivity index (χ1v) is 14.3. The number of amides is 2. The van der Waals surface area contributed by atoms with E-state index < -0.39 is 31.8 Å². The number of halogens is 3. The van der Waals surface area contributed by atoms with E-state index in [0.29, 0.717) is 5.56 Å². The molecule has 14 heteroatoms. The first-order valence-electron chi connectivity index (χ1n) is 11.3. The molecule has 3 aromatic carbocycles. The fraction of sp³-hybridized carbons (Fsp3) is 0.160. The van der Waals surface area contributed by atoms with Crippen LogP contribution in [0.5, 0.6) is 0 Å². The van der Waals surface area contributed by atoms with Crippen molar-refractivity contribution >= 4 is 79.7 Å². The Morgan fingerprint density at radius 3 is 2.15 bits per heavy atom. The van der Waals surface area contributed by atoms with Crippen molar-refractivity contribution < 1.29 is 18.0 Å². The highest BCUT2D eigenvalue weighted by Crippen LogP contribution is 2.29. The zero-order valence-electron chi connectivity index (χ0n) is 20.6. The number of anilines is 1. The fourth-order valence-electron chi connectivity index (χ4n) is 3.24. The summed E-state index contributed by atoms with van der Waals surface area (Å²) in [7, 11) is -4.01. The van der Waals surface area contributed by atoms with E-state index >= 15 is 0 Å². The van der Waals surface area contributed by atoms with E-state index in [1.807, 2.05) is 19.9 Å². The first-order chi connectivity index (χ1) is 18.3. The number of carbonyl (C=O) groups excluding carboxylic acids is 2. The number of hydrogen-bond acceptors (Lipinski definition) is 5. The molecule has 0 bridgehead atoms. The zero-order chi connectivity index (χ0) is 28.8. The number of hydrogen-bond donors (Lipinski definition) is 5. The summed E-state index contributed by atoms with van der Waals surface area (Å²) >= 11 is 23.5. The molecule has 0 aliphatic carbocycles. The number of nitrogens with one attached hydrogen (secondary N) is 5. The van der Waals surface area contributed by atoms with Crippen LogP contribution in [-0.4, -0.2) is 35.3 Å². The maximum Gasteiger partial charge on any atom is 0.268 e. The summed E-state index contributed by atoms with van der Waals surface area (Å²) in [5.74, 6) is -1.27. The normalized spacial score (nSPS) is 12.2. The standard InChI is InChI=1S/C25H24Cl3N5O4S2/c1-15-10-12-18(13-11-15)39(36,37)33-32-22(35)19-8-3-4-9-20(19)29-24(38)31-23(25(26,27)28)30-21(34)17-7-5-6-16(2)14-17/h3-14,23,33H,1-2H3,(H,30,34)(H,32,35)(H2,29,31,38). The van der Waals surface area contributed by atoms with E-state index in [4.69, 9.17) is 47.0 Å². The predicted molar refractivity (Wildman–Crippen MR) is 157 cm³/mol. The lowest BCUT2D eigenvalue weighted by Gasteiger charge is -2.28. The Kier molecular flexibility index (Phi) is 10.2. The summed E-state index contributed by atoms with van der Waals surface area (Å²) in [4.78, 5) is 27.6. The molecular weight excluding hydrogens is 605 g/mol. The second-order valence-corrected chi connectivity index (χ2v) is 12.8. The van der Waals surface area contributed by atoms with Crippen LogP contribution in [0.3, 0.4) is 0 Å². The van der Waals surface area contributed by atoms with Gasteiger partial charge in [-0.3, -0.25) is 15.0 Å². The van der Waals surface area contributed by atoms with Gasteiger partial charge >= 0.3 is 0 Å². The lowest BCUT2D eigenvalue weighted by Crippen LogP contribution is -2.56. The second-order valence-electron chi connectivity index (χ2n) is 8.33. The smallest absolute Gasteiger partial charge is 0.268 e. The molecule has 0 heterocycles. The monoisotopic (exact) mass is 627 g/mol. The number of benzene rings is 3. The Morgan fingerprint density at radius 2 is 1.51 bits per heavy atom. The highest BCUT2D eigenvalue weighted by atomic mass is 35.6. The third-order valence-corrected chi connectivity index (χ3v) is 7.35. The van der Waals surface area contributed by atoms with Crippen LogP contribution in [0, 0.1) is 13.8 Å². The van der Waals surface area contributed by atoms with Crippen LogP contribution in [0.4, 0.5) is 5.69 Å². The second kappa shape index (κ2) is 12.9. The van der Waals surface area contributed by atoms with Crippen LogP contribution in [-0.2, 0) is 10.0 Å². The van der Waals surface area contributed by atoms with Gasteiger partial charge in [-0.2, -0.15) is 0 Å². The SMILES string of the molecule is Cc1ccc(S(=O)(=O)NNC(=O)c2ccccc2NC(=S)NC(NC(=O)c2cccc(C)c2)C(Cl)(Cl)Cl)cc1. The van der Waals surface area contributed by atoms with Crippen LogP contribution in [0.25, 0.3) is 0 Å². The molecule has 3 aromatic rings. The molecule has 206 valence electrons. The molecule has 0 aromatic heterocycles. The summed E-state index contributed by atoms with van der Waals surface area (Å²) in [6.45, 7) is 3.66. The van der Waals surface area contributed by atoms with Crippen LogP contribution in [0.1, 0.15) is 31.8 Å². The lowest BCUT2D eigenvalue weighted by molar-refractivity contribution is 0.0930. The van der Waals surface area contributed by atoms with Crippen LogP contribution >= 0.6 is 47.0 Å². The van der Waals surface area contributed by atoms with E-state index in [-0.39, 0.29) is 21.3 Å².